The van der Waals surface area contributed by atoms with Crippen LogP contribution in [-0.4, -0.2) is 57.5 Å². The first-order chi connectivity index (χ1) is 15.3. The van der Waals surface area contributed by atoms with Gasteiger partial charge in [-0.25, -0.2) is 0 Å². The Hall–Kier alpha value is -3.15. The van der Waals surface area contributed by atoms with Gasteiger partial charge in [-0.15, -0.1) is 11.8 Å². The summed E-state index contributed by atoms with van der Waals surface area (Å²) < 4.78 is 38.9. The van der Waals surface area contributed by atoms with Crippen LogP contribution in [0.5, 0.6) is 0 Å². The normalized spacial score (nSPS) is 21.2. The molecule has 2 unspecified atom stereocenters. The number of carbonyl (C=O) groups excluding carboxylic acids is 1. The number of hydrogen-bond donors (Lipinski definition) is 2. The summed E-state index contributed by atoms with van der Waals surface area (Å²) in [5, 5.41) is 6.12. The smallest absolute Gasteiger partial charge is 0.353 e. The van der Waals surface area contributed by atoms with Gasteiger partial charge in [0.25, 0.3) is 0 Å². The van der Waals surface area contributed by atoms with E-state index in [9.17, 15) is 18.0 Å². The molecule has 32 heavy (non-hydrogen) atoms. The Morgan fingerprint density at radius 1 is 1.25 bits per heavy atom. The topological polar surface area (TPSA) is 95.4 Å². The van der Waals surface area contributed by atoms with Gasteiger partial charge in [0.05, 0.1) is 12.1 Å². The van der Waals surface area contributed by atoms with E-state index in [0.29, 0.717) is 24.6 Å². The molecule has 1 saturated heterocycles. The second-order valence-corrected chi connectivity index (χ2v) is 8.64. The van der Waals surface area contributed by atoms with Crippen molar-refractivity contribution in [2.24, 2.45) is 4.99 Å². The Morgan fingerprint density at radius 3 is 2.81 bits per heavy atom. The average molecular weight is 463 g/mol. The summed E-state index contributed by atoms with van der Waals surface area (Å²) in [5.41, 5.74) is -0.633. The minimum Gasteiger partial charge on any atom is -0.353 e. The molecule has 0 radical (unpaired) electrons. The monoisotopic (exact) mass is 463 g/mol. The minimum absolute atomic E-state index is 0.105. The van der Waals surface area contributed by atoms with Crippen molar-refractivity contribution in [2.75, 3.05) is 29.9 Å². The summed E-state index contributed by atoms with van der Waals surface area (Å²) in [5.74, 6) is 0.687. The van der Waals surface area contributed by atoms with Crippen LogP contribution in [0.4, 0.5) is 25.1 Å². The molecule has 1 fully saturated rings. The number of nitrogens with zero attached hydrogens (tertiary/aromatic N) is 5. The number of thioether (sulfide) groups is 1. The van der Waals surface area contributed by atoms with Crippen molar-refractivity contribution in [2.45, 2.75) is 23.8 Å². The van der Waals surface area contributed by atoms with Gasteiger partial charge in [0.15, 0.2) is 11.3 Å². The molecule has 1 aromatic heterocycles. The minimum atomic E-state index is -4.42. The number of nitrogens with one attached hydrogen (secondary N) is 2. The third-order valence-corrected chi connectivity index (χ3v) is 5.68. The van der Waals surface area contributed by atoms with Crippen molar-refractivity contribution in [3.8, 4) is 0 Å². The van der Waals surface area contributed by atoms with Crippen molar-refractivity contribution >= 4 is 47.9 Å². The molecular formula is C20H20F3N7OS. The van der Waals surface area contributed by atoms with Crippen LogP contribution in [0.3, 0.4) is 0 Å². The third-order valence-electron chi connectivity index (χ3n) is 4.63. The van der Waals surface area contributed by atoms with Crippen molar-refractivity contribution < 1.29 is 18.0 Å². The van der Waals surface area contributed by atoms with Gasteiger partial charge in [-0.1, -0.05) is 18.2 Å². The number of hydrogen-bond acceptors (Lipinski definition) is 8. The predicted molar refractivity (Wildman–Crippen MR) is 118 cm³/mol. The highest BCUT2D eigenvalue weighted by Crippen LogP contribution is 2.30. The number of anilines is 2. The van der Waals surface area contributed by atoms with Crippen LogP contribution < -0.4 is 15.5 Å². The molecule has 2 N–H and O–H groups in total. The standard InChI is InChI=1S/C20H20F3N7OS/c1-12-10-25-19(32-12)29-17-26-15(27-18(28-17)30-8-7-24-16(31)11-30)6-5-13-3-2-4-14(9-13)20(21,22)23/h2-6,9-10,12,19H,7-8,11H2,1H3,(H,24,31)(H,26,27,28,29). The molecule has 12 heteroatoms. The summed E-state index contributed by atoms with van der Waals surface area (Å²) in [6.07, 6.45) is 0.426. The highest BCUT2D eigenvalue weighted by Gasteiger charge is 2.30. The number of halogens is 3. The van der Waals surface area contributed by atoms with Gasteiger partial charge in [-0.2, -0.15) is 28.1 Å². The maximum Gasteiger partial charge on any atom is 0.416 e. The Kier molecular flexibility index (Phi) is 6.31. The fraction of sp³-hybridized carbons (Fsp3) is 0.350. The summed E-state index contributed by atoms with van der Waals surface area (Å²) in [4.78, 5) is 31.0. The van der Waals surface area contributed by atoms with Gasteiger partial charge in [0.2, 0.25) is 17.8 Å². The third kappa shape index (κ3) is 5.55. The van der Waals surface area contributed by atoms with E-state index >= 15 is 0 Å². The largest absolute Gasteiger partial charge is 0.416 e. The van der Waals surface area contributed by atoms with Crippen molar-refractivity contribution in [1.82, 2.24) is 20.3 Å². The molecule has 3 heterocycles. The van der Waals surface area contributed by atoms with Crippen LogP contribution in [0.15, 0.2) is 29.3 Å². The zero-order chi connectivity index (χ0) is 22.7. The van der Waals surface area contributed by atoms with Gasteiger partial charge in [0.1, 0.15) is 0 Å². The lowest BCUT2D eigenvalue weighted by atomic mass is 10.1. The fourth-order valence-electron chi connectivity index (χ4n) is 3.11. The quantitative estimate of drug-likeness (QED) is 0.704. The van der Waals surface area contributed by atoms with Gasteiger partial charge in [-0.05, 0) is 30.7 Å². The highest BCUT2D eigenvalue weighted by molar-refractivity contribution is 8.01. The first-order valence-corrected chi connectivity index (χ1v) is 10.8. The van der Waals surface area contributed by atoms with Crippen LogP contribution in [0.2, 0.25) is 0 Å². The van der Waals surface area contributed by atoms with Gasteiger partial charge >= 0.3 is 6.18 Å². The molecule has 0 bridgehead atoms. The molecule has 0 saturated carbocycles. The van der Waals surface area contributed by atoms with Crippen LogP contribution in [-0.2, 0) is 11.0 Å². The van der Waals surface area contributed by atoms with Crippen LogP contribution in [0.25, 0.3) is 12.2 Å². The number of benzene rings is 1. The van der Waals surface area contributed by atoms with E-state index in [-0.39, 0.29) is 35.0 Å². The average Bonchev–Trinajstić information content (AvgIpc) is 3.16. The molecule has 8 nitrogen and oxygen atoms in total. The number of carbonyl (C=O) groups is 1. The molecule has 0 spiro atoms. The maximum atomic E-state index is 13.0. The Balaban J connectivity index is 1.62. The lowest BCUT2D eigenvalue weighted by Crippen LogP contribution is -2.48. The number of piperazine rings is 1. The zero-order valence-electron chi connectivity index (χ0n) is 17.0. The fourth-order valence-corrected chi connectivity index (χ4v) is 3.98. The van der Waals surface area contributed by atoms with Gasteiger partial charge in [-0.3, -0.25) is 9.79 Å². The van der Waals surface area contributed by atoms with Crippen molar-refractivity contribution in [3.63, 3.8) is 0 Å². The molecule has 1 aromatic carbocycles. The molecule has 2 aromatic rings. The predicted octanol–water partition coefficient (Wildman–Crippen LogP) is 2.90. The van der Waals surface area contributed by atoms with E-state index in [1.54, 1.807) is 22.7 Å². The first kappa shape index (κ1) is 22.1. The second-order valence-electron chi connectivity index (χ2n) is 7.18. The molecule has 2 aliphatic rings. The lowest BCUT2D eigenvalue weighted by Gasteiger charge is -2.27. The van der Waals surface area contributed by atoms with Crippen molar-refractivity contribution in [3.05, 3.63) is 41.2 Å². The molecule has 1 amide bonds. The van der Waals surface area contributed by atoms with E-state index in [0.717, 1.165) is 12.1 Å². The maximum absolute atomic E-state index is 13.0. The van der Waals surface area contributed by atoms with E-state index in [4.69, 9.17) is 0 Å². The van der Waals surface area contributed by atoms with Gasteiger partial charge < -0.3 is 15.5 Å². The zero-order valence-corrected chi connectivity index (χ0v) is 17.8. The van der Waals surface area contributed by atoms with Crippen LogP contribution in [0, 0.1) is 0 Å². The lowest BCUT2D eigenvalue weighted by molar-refractivity contribution is -0.137. The molecule has 168 valence electrons. The van der Waals surface area contributed by atoms with Crippen LogP contribution >= 0.6 is 11.8 Å². The number of alkyl halides is 3. The van der Waals surface area contributed by atoms with E-state index < -0.39 is 11.7 Å². The molecule has 0 aliphatic carbocycles. The number of rotatable bonds is 5. The Labute approximate surface area is 186 Å². The molecular weight excluding hydrogens is 443 g/mol. The van der Waals surface area contributed by atoms with Gasteiger partial charge in [0, 0.05) is 24.6 Å². The Bertz CT molecular complexity index is 1060. The summed E-state index contributed by atoms with van der Waals surface area (Å²) in [6, 6.07) is 4.98. The summed E-state index contributed by atoms with van der Waals surface area (Å²) >= 11 is 1.59. The first-order valence-electron chi connectivity index (χ1n) is 9.85. The number of aromatic nitrogens is 3. The van der Waals surface area contributed by atoms with Crippen molar-refractivity contribution in [1.29, 1.82) is 0 Å². The molecule has 4 rings (SSSR count). The summed E-state index contributed by atoms with van der Waals surface area (Å²) in [6.45, 7) is 3.11. The van der Waals surface area contributed by atoms with Crippen LogP contribution in [0.1, 0.15) is 23.9 Å². The van der Waals surface area contributed by atoms with E-state index in [1.165, 1.54) is 18.2 Å². The second kappa shape index (κ2) is 9.15. The van der Waals surface area contributed by atoms with E-state index in [1.807, 2.05) is 13.1 Å². The molecule has 2 aliphatic heterocycles. The number of aliphatic imine (C=N–C) groups is 1. The highest BCUT2D eigenvalue weighted by atomic mass is 32.2. The Morgan fingerprint density at radius 2 is 2.09 bits per heavy atom. The number of amides is 1. The SMILES string of the molecule is CC1C=NC(Nc2nc(C=Cc3cccc(C(F)(F)F)c3)nc(N3CCNC(=O)C3)n2)S1. The van der Waals surface area contributed by atoms with E-state index in [2.05, 4.69) is 30.6 Å². The molecule has 2 atom stereocenters. The summed E-state index contributed by atoms with van der Waals surface area (Å²) in [7, 11) is 0.